The summed E-state index contributed by atoms with van der Waals surface area (Å²) in [6, 6.07) is 2.25. The average Bonchev–Trinajstić information content (AvgIpc) is 2.47. The molecule has 76 valence electrons. The lowest BCUT2D eigenvalue weighted by Gasteiger charge is -2.22. The quantitative estimate of drug-likeness (QED) is 0.736. The number of fused-ring (bicyclic) bond motifs is 1. The van der Waals surface area contributed by atoms with Crippen LogP contribution >= 0.6 is 0 Å². The summed E-state index contributed by atoms with van der Waals surface area (Å²) in [6.07, 6.45) is 3.56. The molecule has 2 rings (SSSR count). The molecular formula is C12H18N2. The first-order valence-electron chi connectivity index (χ1n) is 5.27. The smallest absolute Gasteiger partial charge is 0.0439 e. The number of aryl methyl sites for hydroxylation is 3. The van der Waals surface area contributed by atoms with Crippen LogP contribution in [0.15, 0.2) is 6.07 Å². The summed E-state index contributed by atoms with van der Waals surface area (Å²) in [4.78, 5) is 4.64. The van der Waals surface area contributed by atoms with Crippen LogP contribution in [-0.4, -0.2) is 4.98 Å². The fraction of sp³-hybridized carbons (Fsp3) is 0.583. The predicted octanol–water partition coefficient (Wildman–Crippen LogP) is 2.07. The van der Waals surface area contributed by atoms with E-state index in [4.69, 9.17) is 5.73 Å². The zero-order valence-electron chi connectivity index (χ0n) is 9.22. The fourth-order valence-corrected chi connectivity index (χ4v) is 2.23. The van der Waals surface area contributed by atoms with Gasteiger partial charge in [-0.3, -0.25) is 4.98 Å². The predicted molar refractivity (Wildman–Crippen MR) is 58.2 cm³/mol. The van der Waals surface area contributed by atoms with Gasteiger partial charge in [0, 0.05) is 16.9 Å². The van der Waals surface area contributed by atoms with Gasteiger partial charge in [-0.05, 0) is 51.2 Å². The monoisotopic (exact) mass is 190 g/mol. The summed E-state index contributed by atoms with van der Waals surface area (Å²) < 4.78 is 0. The molecule has 1 aliphatic rings. The lowest BCUT2D eigenvalue weighted by molar-refractivity contribution is 0.546. The van der Waals surface area contributed by atoms with Crippen molar-refractivity contribution in [1.29, 1.82) is 0 Å². The maximum atomic E-state index is 6.11. The van der Waals surface area contributed by atoms with Crippen molar-refractivity contribution >= 4 is 0 Å². The van der Waals surface area contributed by atoms with E-state index in [1.807, 2.05) is 13.8 Å². The highest BCUT2D eigenvalue weighted by Gasteiger charge is 2.21. The van der Waals surface area contributed by atoms with Crippen LogP contribution in [0.25, 0.3) is 0 Å². The van der Waals surface area contributed by atoms with Crippen LogP contribution in [0.3, 0.4) is 0 Å². The Morgan fingerprint density at radius 3 is 2.71 bits per heavy atom. The van der Waals surface area contributed by atoms with Gasteiger partial charge >= 0.3 is 0 Å². The minimum atomic E-state index is -0.269. The van der Waals surface area contributed by atoms with Crippen molar-refractivity contribution in [3.63, 3.8) is 0 Å². The number of rotatable bonds is 1. The fourth-order valence-electron chi connectivity index (χ4n) is 2.23. The molecule has 2 heteroatoms. The van der Waals surface area contributed by atoms with Crippen LogP contribution in [0.2, 0.25) is 0 Å². The molecule has 0 atom stereocenters. The topological polar surface area (TPSA) is 38.9 Å². The lowest BCUT2D eigenvalue weighted by atomic mass is 9.92. The van der Waals surface area contributed by atoms with E-state index in [9.17, 15) is 0 Å². The first-order chi connectivity index (χ1) is 6.48. The molecule has 0 aromatic carbocycles. The van der Waals surface area contributed by atoms with E-state index in [-0.39, 0.29) is 5.54 Å². The molecule has 2 nitrogen and oxygen atoms in total. The SMILES string of the molecule is Cc1nc2c(cc1C(C)(C)N)CCC2. The summed E-state index contributed by atoms with van der Waals surface area (Å²) in [5, 5.41) is 0. The first kappa shape index (κ1) is 9.66. The Balaban J connectivity index is 2.53. The molecule has 0 aliphatic heterocycles. The van der Waals surface area contributed by atoms with Crippen molar-refractivity contribution in [1.82, 2.24) is 4.98 Å². The summed E-state index contributed by atoms with van der Waals surface area (Å²) in [5.41, 5.74) is 10.8. The van der Waals surface area contributed by atoms with Gasteiger partial charge in [-0.25, -0.2) is 0 Å². The van der Waals surface area contributed by atoms with Gasteiger partial charge in [-0.2, -0.15) is 0 Å². The molecular weight excluding hydrogens is 172 g/mol. The summed E-state index contributed by atoms with van der Waals surface area (Å²) in [7, 11) is 0. The van der Waals surface area contributed by atoms with E-state index in [1.165, 1.54) is 29.7 Å². The largest absolute Gasteiger partial charge is 0.322 e. The van der Waals surface area contributed by atoms with Crippen molar-refractivity contribution in [3.05, 3.63) is 28.6 Å². The summed E-state index contributed by atoms with van der Waals surface area (Å²) in [6.45, 7) is 6.14. The molecule has 0 fully saturated rings. The molecule has 0 saturated carbocycles. The Bertz CT molecular complexity index is 361. The highest BCUT2D eigenvalue weighted by Crippen LogP contribution is 2.27. The van der Waals surface area contributed by atoms with Crippen LogP contribution in [0, 0.1) is 6.92 Å². The Morgan fingerprint density at radius 2 is 2.07 bits per heavy atom. The third-order valence-corrected chi connectivity index (χ3v) is 2.94. The van der Waals surface area contributed by atoms with Crippen molar-refractivity contribution in [3.8, 4) is 0 Å². The minimum absolute atomic E-state index is 0.269. The first-order valence-corrected chi connectivity index (χ1v) is 5.27. The molecule has 0 spiro atoms. The zero-order valence-corrected chi connectivity index (χ0v) is 9.22. The van der Waals surface area contributed by atoms with Gasteiger partial charge in [-0.15, -0.1) is 0 Å². The van der Waals surface area contributed by atoms with Crippen molar-refractivity contribution in [2.24, 2.45) is 5.73 Å². The molecule has 0 radical (unpaired) electrons. The van der Waals surface area contributed by atoms with Crippen LogP contribution in [-0.2, 0) is 18.4 Å². The second-order valence-electron chi connectivity index (χ2n) is 4.80. The highest BCUT2D eigenvalue weighted by atomic mass is 14.8. The molecule has 1 heterocycles. The average molecular weight is 190 g/mol. The summed E-state index contributed by atoms with van der Waals surface area (Å²) in [5.74, 6) is 0. The van der Waals surface area contributed by atoms with E-state index in [1.54, 1.807) is 0 Å². The Labute approximate surface area is 85.5 Å². The van der Waals surface area contributed by atoms with E-state index >= 15 is 0 Å². The van der Waals surface area contributed by atoms with Crippen molar-refractivity contribution in [2.75, 3.05) is 0 Å². The number of aromatic nitrogens is 1. The van der Waals surface area contributed by atoms with E-state index in [2.05, 4.69) is 18.0 Å². The number of nitrogens with zero attached hydrogens (tertiary/aromatic N) is 1. The Hall–Kier alpha value is -0.890. The highest BCUT2D eigenvalue weighted by molar-refractivity contribution is 5.36. The van der Waals surface area contributed by atoms with Crippen molar-refractivity contribution in [2.45, 2.75) is 45.6 Å². The van der Waals surface area contributed by atoms with Gasteiger partial charge in [0.05, 0.1) is 0 Å². The van der Waals surface area contributed by atoms with Gasteiger partial charge in [0.25, 0.3) is 0 Å². The zero-order chi connectivity index (χ0) is 10.3. The molecule has 1 aromatic heterocycles. The van der Waals surface area contributed by atoms with Crippen LogP contribution in [0.5, 0.6) is 0 Å². The van der Waals surface area contributed by atoms with E-state index < -0.39 is 0 Å². The summed E-state index contributed by atoms with van der Waals surface area (Å²) >= 11 is 0. The molecule has 2 N–H and O–H groups in total. The van der Waals surface area contributed by atoms with Crippen LogP contribution < -0.4 is 5.73 Å². The Kier molecular flexibility index (Phi) is 2.11. The minimum Gasteiger partial charge on any atom is -0.322 e. The second kappa shape index (κ2) is 3.06. The second-order valence-corrected chi connectivity index (χ2v) is 4.80. The number of hydrogen-bond donors (Lipinski definition) is 1. The van der Waals surface area contributed by atoms with Crippen LogP contribution in [0.4, 0.5) is 0 Å². The number of pyridine rings is 1. The molecule has 1 aliphatic carbocycles. The molecule has 1 aromatic rings. The lowest BCUT2D eigenvalue weighted by Crippen LogP contribution is -2.30. The maximum Gasteiger partial charge on any atom is 0.0439 e. The molecule has 14 heavy (non-hydrogen) atoms. The van der Waals surface area contributed by atoms with Gasteiger partial charge in [0.15, 0.2) is 0 Å². The third kappa shape index (κ3) is 1.55. The van der Waals surface area contributed by atoms with Gasteiger partial charge in [0.1, 0.15) is 0 Å². The normalized spacial score (nSPS) is 15.7. The van der Waals surface area contributed by atoms with E-state index in [0.29, 0.717) is 0 Å². The molecule has 0 bridgehead atoms. The van der Waals surface area contributed by atoms with Gasteiger partial charge < -0.3 is 5.73 Å². The van der Waals surface area contributed by atoms with Gasteiger partial charge in [0.2, 0.25) is 0 Å². The third-order valence-electron chi connectivity index (χ3n) is 2.94. The Morgan fingerprint density at radius 1 is 1.36 bits per heavy atom. The standard InChI is InChI=1S/C12H18N2/c1-8-10(12(2,3)13)7-9-5-4-6-11(9)14-8/h7H,4-6,13H2,1-3H3. The van der Waals surface area contributed by atoms with Gasteiger partial charge in [-0.1, -0.05) is 6.07 Å². The molecule has 0 unspecified atom stereocenters. The van der Waals surface area contributed by atoms with Crippen molar-refractivity contribution < 1.29 is 0 Å². The molecule has 0 amide bonds. The maximum absolute atomic E-state index is 6.11. The number of hydrogen-bond acceptors (Lipinski definition) is 2. The van der Waals surface area contributed by atoms with E-state index in [0.717, 1.165) is 12.1 Å². The van der Waals surface area contributed by atoms with Crippen LogP contribution in [0.1, 0.15) is 42.8 Å². The number of nitrogens with two attached hydrogens (primary N) is 1. The molecule has 0 saturated heterocycles.